The van der Waals surface area contributed by atoms with E-state index in [-0.39, 0.29) is 24.3 Å². The normalized spacial score (nSPS) is 13.9. The van der Waals surface area contributed by atoms with E-state index in [9.17, 15) is 41.4 Å². The first-order valence-corrected chi connectivity index (χ1v) is 11.7. The van der Waals surface area contributed by atoms with Crippen molar-refractivity contribution in [1.29, 1.82) is 0 Å². The summed E-state index contributed by atoms with van der Waals surface area (Å²) in [5.41, 5.74) is 5.22. The molecule has 1 heterocycles. The van der Waals surface area contributed by atoms with Crippen LogP contribution in [0, 0.1) is 11.6 Å². The van der Waals surface area contributed by atoms with E-state index in [0.29, 0.717) is 6.07 Å². The Kier molecular flexibility index (Phi) is 10.8. The number of halogens is 5. The molecule has 0 saturated carbocycles. The van der Waals surface area contributed by atoms with Crippen LogP contribution in [0.15, 0.2) is 28.8 Å². The number of carbonyl (C=O) groups is 3. The Bertz CT molecular complexity index is 1150. The Morgan fingerprint density at radius 2 is 1.71 bits per heavy atom. The number of rotatable bonds is 13. The molecule has 0 aliphatic carbocycles. The number of amides is 2. The van der Waals surface area contributed by atoms with Gasteiger partial charge in [-0.1, -0.05) is 12.2 Å². The van der Waals surface area contributed by atoms with Gasteiger partial charge in [-0.25, -0.2) is 13.8 Å². The molecule has 0 spiro atoms. The van der Waals surface area contributed by atoms with Crippen molar-refractivity contribution in [2.24, 2.45) is 5.73 Å². The topological polar surface area (TPSA) is 148 Å². The molecule has 2 amide bonds. The second kappa shape index (κ2) is 13.4. The highest BCUT2D eigenvalue weighted by Gasteiger charge is 2.31. The van der Waals surface area contributed by atoms with Crippen molar-refractivity contribution < 1.29 is 45.9 Å². The van der Waals surface area contributed by atoms with Gasteiger partial charge in [-0.3, -0.25) is 14.4 Å². The highest BCUT2D eigenvalue weighted by atomic mass is 32.1. The molecule has 38 heavy (non-hydrogen) atoms. The van der Waals surface area contributed by atoms with Crippen LogP contribution in [0.4, 0.5) is 22.0 Å². The van der Waals surface area contributed by atoms with Gasteiger partial charge in [0.05, 0.1) is 18.3 Å². The predicted octanol–water partition coefficient (Wildman–Crippen LogP) is 2.95. The Morgan fingerprint density at radius 3 is 2.26 bits per heavy atom. The third kappa shape index (κ3) is 9.78. The summed E-state index contributed by atoms with van der Waals surface area (Å²) in [6.07, 6.45) is -6.68. The number of thiocarbonyl (C=S) groups is 1. The minimum absolute atomic E-state index is 0.0184. The van der Waals surface area contributed by atoms with Gasteiger partial charge < -0.3 is 25.9 Å². The monoisotopic (exact) mass is 564 g/mol. The summed E-state index contributed by atoms with van der Waals surface area (Å²) in [5.74, 6) is -5.41. The van der Waals surface area contributed by atoms with E-state index in [2.05, 4.69) is 27.8 Å². The number of nitrogens with one attached hydrogen (secondary N) is 2. The SMILES string of the molecule is CC(O)CC[C@H](NC(=O)c1cnc(-c2cc(F)cc(F)c2)o1)C(=O)N[C@@H](CCCC(F)(F)F)C(=O)C(N)=S. The van der Waals surface area contributed by atoms with Crippen molar-refractivity contribution in [3.63, 3.8) is 0 Å². The highest BCUT2D eigenvalue weighted by molar-refractivity contribution is 7.82. The number of hydrogen-bond acceptors (Lipinski definition) is 7. The molecular formula is C23H25F5N4O5S. The van der Waals surface area contributed by atoms with Gasteiger partial charge >= 0.3 is 6.18 Å². The molecule has 2 rings (SSSR count). The molecule has 1 aromatic heterocycles. The average Bonchev–Trinajstić information content (AvgIpc) is 3.29. The number of aromatic nitrogens is 1. The molecular weight excluding hydrogens is 539 g/mol. The van der Waals surface area contributed by atoms with E-state index in [1.54, 1.807) is 0 Å². The molecule has 1 unspecified atom stereocenters. The summed E-state index contributed by atoms with van der Waals surface area (Å²) in [5, 5.41) is 14.2. The molecule has 9 nitrogen and oxygen atoms in total. The van der Waals surface area contributed by atoms with Gasteiger partial charge in [-0.05, 0) is 44.7 Å². The maximum atomic E-state index is 13.5. The fourth-order valence-corrected chi connectivity index (χ4v) is 3.46. The first-order valence-electron chi connectivity index (χ1n) is 11.3. The largest absolute Gasteiger partial charge is 0.431 e. The molecule has 15 heteroatoms. The number of benzene rings is 1. The van der Waals surface area contributed by atoms with Crippen molar-refractivity contribution in [1.82, 2.24) is 15.6 Å². The fraction of sp³-hybridized carbons (Fsp3) is 0.435. The number of nitrogens with two attached hydrogens (primary N) is 1. The van der Waals surface area contributed by atoms with E-state index in [4.69, 9.17) is 10.2 Å². The number of oxazole rings is 1. The summed E-state index contributed by atoms with van der Waals surface area (Å²) in [4.78, 5) is 41.1. The van der Waals surface area contributed by atoms with E-state index < -0.39 is 83.6 Å². The Hall–Kier alpha value is -3.46. The van der Waals surface area contributed by atoms with Crippen molar-refractivity contribution in [3.8, 4) is 11.5 Å². The maximum absolute atomic E-state index is 13.5. The van der Waals surface area contributed by atoms with E-state index in [1.807, 2.05) is 0 Å². The van der Waals surface area contributed by atoms with Gasteiger partial charge in [0.2, 0.25) is 23.3 Å². The zero-order valence-electron chi connectivity index (χ0n) is 20.0. The number of ketones is 1. The molecule has 1 aromatic carbocycles. The lowest BCUT2D eigenvalue weighted by Crippen LogP contribution is -2.53. The average molecular weight is 565 g/mol. The zero-order chi connectivity index (χ0) is 28.6. The standard InChI is InChI=1S/C23H25F5N4O5S/c1-11(33)4-5-16(20(35)31-15(18(34)19(29)38)3-2-6-23(26,27)28)32-21(36)17-10-30-22(37-17)12-7-13(24)9-14(25)8-12/h7-11,15-16,33H,2-6H2,1H3,(H2,29,38)(H,31,35)(H,32,36)/t11?,15-,16-/m0/s1. The first-order chi connectivity index (χ1) is 17.7. The number of aliphatic hydroxyl groups excluding tert-OH is 1. The lowest BCUT2D eigenvalue weighted by Gasteiger charge is -2.23. The highest BCUT2D eigenvalue weighted by Crippen LogP contribution is 2.23. The van der Waals surface area contributed by atoms with E-state index >= 15 is 0 Å². The minimum atomic E-state index is -4.48. The Balaban J connectivity index is 2.19. The van der Waals surface area contributed by atoms with E-state index in [0.717, 1.165) is 18.3 Å². The molecule has 208 valence electrons. The van der Waals surface area contributed by atoms with Crippen LogP contribution in [0.25, 0.3) is 11.5 Å². The van der Waals surface area contributed by atoms with Crippen LogP contribution in [-0.4, -0.2) is 57.0 Å². The molecule has 0 radical (unpaired) electrons. The fourth-order valence-electron chi connectivity index (χ4n) is 3.32. The summed E-state index contributed by atoms with van der Waals surface area (Å²) in [6.45, 7) is 1.42. The number of Topliss-reactive ketones (excluding diaryl/α,β-unsaturated/α-hetero) is 1. The molecule has 3 atom stereocenters. The third-order valence-electron chi connectivity index (χ3n) is 5.16. The van der Waals surface area contributed by atoms with Crippen molar-refractivity contribution in [3.05, 3.63) is 41.8 Å². The van der Waals surface area contributed by atoms with Gasteiger partial charge in [0.15, 0.2) is 0 Å². The second-order valence-electron chi connectivity index (χ2n) is 8.44. The molecule has 0 aliphatic heterocycles. The van der Waals surface area contributed by atoms with Crippen LogP contribution in [0.5, 0.6) is 0 Å². The number of alkyl halides is 3. The quantitative estimate of drug-likeness (QED) is 0.215. The first kappa shape index (κ1) is 30.8. The zero-order valence-corrected chi connectivity index (χ0v) is 20.8. The van der Waals surface area contributed by atoms with Crippen molar-refractivity contribution >= 4 is 34.8 Å². The van der Waals surface area contributed by atoms with E-state index in [1.165, 1.54) is 6.92 Å². The van der Waals surface area contributed by atoms with Gasteiger partial charge in [-0.2, -0.15) is 13.2 Å². The lowest BCUT2D eigenvalue weighted by molar-refractivity contribution is -0.136. The smallest absolute Gasteiger partial charge is 0.389 e. The number of nitrogens with zero attached hydrogens (tertiary/aromatic N) is 1. The van der Waals surface area contributed by atoms with Crippen LogP contribution in [-0.2, 0) is 9.59 Å². The summed E-state index contributed by atoms with van der Waals surface area (Å²) in [6, 6.07) is -0.376. The van der Waals surface area contributed by atoms with Crippen LogP contribution in [0.2, 0.25) is 0 Å². The van der Waals surface area contributed by atoms with Crippen LogP contribution >= 0.6 is 12.2 Å². The number of aliphatic hydroxyl groups is 1. The second-order valence-corrected chi connectivity index (χ2v) is 8.88. The molecule has 5 N–H and O–H groups in total. The van der Waals surface area contributed by atoms with Crippen molar-refractivity contribution in [2.75, 3.05) is 0 Å². The van der Waals surface area contributed by atoms with Gasteiger partial charge in [0.25, 0.3) is 5.91 Å². The van der Waals surface area contributed by atoms with Gasteiger partial charge in [0, 0.05) is 18.1 Å². The van der Waals surface area contributed by atoms with Crippen LogP contribution in [0.3, 0.4) is 0 Å². The molecule has 0 aliphatic rings. The predicted molar refractivity (Wildman–Crippen MR) is 128 cm³/mol. The maximum Gasteiger partial charge on any atom is 0.389 e. The van der Waals surface area contributed by atoms with Crippen LogP contribution < -0.4 is 16.4 Å². The summed E-state index contributed by atoms with van der Waals surface area (Å²) >= 11 is 4.60. The molecule has 0 saturated heterocycles. The van der Waals surface area contributed by atoms with Gasteiger partial charge in [0.1, 0.15) is 22.7 Å². The lowest BCUT2D eigenvalue weighted by atomic mass is 10.0. The molecule has 0 bridgehead atoms. The minimum Gasteiger partial charge on any atom is -0.431 e. The molecule has 0 fully saturated rings. The van der Waals surface area contributed by atoms with Crippen molar-refractivity contribution in [2.45, 2.75) is 63.4 Å². The number of hydrogen-bond donors (Lipinski definition) is 4. The molecule has 2 aromatic rings. The third-order valence-corrected chi connectivity index (χ3v) is 5.36. The summed E-state index contributed by atoms with van der Waals surface area (Å²) in [7, 11) is 0. The van der Waals surface area contributed by atoms with Gasteiger partial charge in [-0.15, -0.1) is 0 Å². The van der Waals surface area contributed by atoms with Crippen LogP contribution in [0.1, 0.15) is 49.6 Å². The Labute approximate surface area is 219 Å². The Morgan fingerprint density at radius 1 is 1.08 bits per heavy atom. The number of carbonyl (C=O) groups excluding carboxylic acids is 3. The summed E-state index contributed by atoms with van der Waals surface area (Å²) < 4.78 is 69.9.